The summed E-state index contributed by atoms with van der Waals surface area (Å²) in [5.74, 6) is -0.160. The van der Waals surface area contributed by atoms with E-state index in [9.17, 15) is 14.3 Å². The lowest BCUT2D eigenvalue weighted by Gasteiger charge is -2.03. The van der Waals surface area contributed by atoms with Crippen molar-refractivity contribution >= 4 is 23.1 Å². The fourth-order valence-corrected chi connectivity index (χ4v) is 2.36. The molecule has 0 radical (unpaired) electrons. The highest BCUT2D eigenvalue weighted by atomic mass is 32.2. The Labute approximate surface area is 90.0 Å². The number of rotatable bonds is 2. The molecule has 1 unspecified atom stereocenters. The lowest BCUT2D eigenvalue weighted by Crippen LogP contribution is -2.03. The Morgan fingerprint density at radius 3 is 3.00 bits per heavy atom. The van der Waals surface area contributed by atoms with Gasteiger partial charge in [-0.3, -0.25) is 4.99 Å². The molecule has 5 heteroatoms. The molecule has 0 amide bonds. The summed E-state index contributed by atoms with van der Waals surface area (Å²) in [6, 6.07) is 3.65. The van der Waals surface area contributed by atoms with Crippen LogP contribution in [0.3, 0.4) is 0 Å². The number of phenolic OH excluding ortho intramolecular Hbond substituents is 1. The number of aldehydes is 1. The first kappa shape index (κ1) is 10.2. The van der Waals surface area contributed by atoms with Gasteiger partial charge in [0.25, 0.3) is 0 Å². The van der Waals surface area contributed by atoms with E-state index in [1.165, 1.54) is 30.0 Å². The van der Waals surface area contributed by atoms with E-state index >= 15 is 0 Å². The molecule has 1 aromatic carbocycles. The van der Waals surface area contributed by atoms with Crippen LogP contribution in [0, 0.1) is 5.82 Å². The molecule has 0 aromatic heterocycles. The molecule has 0 bridgehead atoms. The Morgan fingerprint density at radius 2 is 2.40 bits per heavy atom. The Bertz CT molecular complexity index is 413. The molecule has 1 heterocycles. The predicted octanol–water partition coefficient (Wildman–Crippen LogP) is 1.59. The molecule has 0 spiro atoms. The molecule has 1 aromatic rings. The normalized spacial score (nSPS) is 20.1. The summed E-state index contributed by atoms with van der Waals surface area (Å²) >= 11 is 1.28. The van der Waals surface area contributed by atoms with Crippen molar-refractivity contribution in [3.63, 3.8) is 0 Å². The van der Waals surface area contributed by atoms with Crippen LogP contribution in [0.2, 0.25) is 0 Å². The van der Waals surface area contributed by atoms with Crippen LogP contribution >= 0.6 is 11.8 Å². The third-order valence-electron chi connectivity index (χ3n) is 2.04. The van der Waals surface area contributed by atoms with Crippen molar-refractivity contribution in [2.45, 2.75) is 6.04 Å². The molecule has 15 heavy (non-hydrogen) atoms. The van der Waals surface area contributed by atoms with Gasteiger partial charge >= 0.3 is 0 Å². The lowest BCUT2D eigenvalue weighted by atomic mass is 10.2. The minimum Gasteiger partial charge on any atom is -0.507 e. The second-order valence-electron chi connectivity index (χ2n) is 3.08. The molecule has 1 aliphatic heterocycles. The summed E-state index contributed by atoms with van der Waals surface area (Å²) < 4.78 is 13.4. The van der Waals surface area contributed by atoms with Crippen molar-refractivity contribution in [2.24, 2.45) is 4.99 Å². The fraction of sp³-hybridized carbons (Fsp3) is 0.200. The van der Waals surface area contributed by atoms with E-state index in [4.69, 9.17) is 0 Å². The number of hydrogen-bond acceptors (Lipinski definition) is 4. The van der Waals surface area contributed by atoms with Gasteiger partial charge in [-0.25, -0.2) is 4.39 Å². The Kier molecular flexibility index (Phi) is 2.73. The summed E-state index contributed by atoms with van der Waals surface area (Å²) in [6.45, 7) is 0. The van der Waals surface area contributed by atoms with E-state index < -0.39 is 11.9 Å². The number of aliphatic imine (C=N–C) groups is 1. The van der Waals surface area contributed by atoms with Crippen LogP contribution in [0.4, 0.5) is 4.39 Å². The molecule has 1 atom stereocenters. The third-order valence-corrected chi connectivity index (χ3v) is 3.13. The first-order chi connectivity index (χ1) is 7.22. The van der Waals surface area contributed by atoms with E-state index in [0.717, 1.165) is 6.29 Å². The number of carbonyl (C=O) groups excluding carboxylic acids is 1. The van der Waals surface area contributed by atoms with Gasteiger partial charge in [-0.05, 0) is 12.1 Å². The summed E-state index contributed by atoms with van der Waals surface area (Å²) in [4.78, 5) is 14.5. The summed E-state index contributed by atoms with van der Waals surface area (Å²) in [5, 5.41) is 9.88. The van der Waals surface area contributed by atoms with Gasteiger partial charge in [-0.2, -0.15) is 0 Å². The zero-order chi connectivity index (χ0) is 10.8. The third kappa shape index (κ3) is 1.87. The molecule has 3 nitrogen and oxygen atoms in total. The highest BCUT2D eigenvalue weighted by Gasteiger charge is 2.23. The molecule has 1 N–H and O–H groups in total. The molecular weight excluding hydrogens is 217 g/mol. The second kappa shape index (κ2) is 4.02. The maximum absolute atomic E-state index is 13.4. The van der Waals surface area contributed by atoms with Crippen molar-refractivity contribution in [1.82, 2.24) is 0 Å². The van der Waals surface area contributed by atoms with E-state index in [0.29, 0.717) is 10.8 Å². The Morgan fingerprint density at radius 1 is 1.60 bits per heavy atom. The molecular formula is C10H8FNO2S. The van der Waals surface area contributed by atoms with Gasteiger partial charge in [0.15, 0.2) is 0 Å². The minimum atomic E-state index is -0.521. The van der Waals surface area contributed by atoms with Crippen LogP contribution in [0.25, 0.3) is 0 Å². The van der Waals surface area contributed by atoms with Crippen LogP contribution in [-0.2, 0) is 4.79 Å². The van der Waals surface area contributed by atoms with Crippen LogP contribution < -0.4 is 0 Å². The maximum Gasteiger partial charge on any atom is 0.145 e. The van der Waals surface area contributed by atoms with Gasteiger partial charge in [0.1, 0.15) is 28.9 Å². The van der Waals surface area contributed by atoms with Crippen LogP contribution in [0.15, 0.2) is 23.2 Å². The predicted molar refractivity (Wildman–Crippen MR) is 56.9 cm³/mol. The highest BCUT2D eigenvalue weighted by Crippen LogP contribution is 2.29. The van der Waals surface area contributed by atoms with Gasteiger partial charge < -0.3 is 9.90 Å². The van der Waals surface area contributed by atoms with Crippen LogP contribution in [0.5, 0.6) is 5.75 Å². The first-order valence-corrected chi connectivity index (χ1v) is 5.34. The molecule has 2 rings (SSSR count). The van der Waals surface area contributed by atoms with Crippen molar-refractivity contribution in [2.75, 3.05) is 5.75 Å². The van der Waals surface area contributed by atoms with E-state index in [2.05, 4.69) is 4.99 Å². The van der Waals surface area contributed by atoms with E-state index in [1.807, 2.05) is 0 Å². The maximum atomic E-state index is 13.4. The van der Waals surface area contributed by atoms with E-state index in [1.54, 1.807) is 0 Å². The Hall–Kier alpha value is -1.36. The summed E-state index contributed by atoms with van der Waals surface area (Å²) in [6.07, 6.45) is 0.720. The average molecular weight is 225 g/mol. The largest absolute Gasteiger partial charge is 0.507 e. The zero-order valence-electron chi connectivity index (χ0n) is 7.68. The number of halogens is 1. The number of phenols is 1. The average Bonchev–Trinajstić information content (AvgIpc) is 2.66. The lowest BCUT2D eigenvalue weighted by molar-refractivity contribution is -0.108. The number of benzene rings is 1. The zero-order valence-corrected chi connectivity index (χ0v) is 8.50. The first-order valence-electron chi connectivity index (χ1n) is 4.36. The molecule has 0 aliphatic carbocycles. The number of hydrogen-bond donors (Lipinski definition) is 1. The van der Waals surface area contributed by atoms with Crippen LogP contribution in [0.1, 0.15) is 5.56 Å². The van der Waals surface area contributed by atoms with Crippen LogP contribution in [-0.4, -0.2) is 28.2 Å². The minimum absolute atomic E-state index is 0.0897. The fourth-order valence-electron chi connectivity index (χ4n) is 1.32. The van der Waals surface area contributed by atoms with Crippen molar-refractivity contribution in [1.29, 1.82) is 0 Å². The monoisotopic (exact) mass is 225 g/mol. The molecule has 0 fully saturated rings. The molecule has 0 saturated heterocycles. The van der Waals surface area contributed by atoms with E-state index in [-0.39, 0.29) is 11.3 Å². The number of aromatic hydroxyl groups is 1. The standard InChI is InChI=1S/C10H8FNO2S/c11-7-2-1-3-8(14)9(7)10-12-6(4-13)5-15-10/h1-4,6,14H,5H2. The number of thioether (sulfide) groups is 1. The molecule has 78 valence electrons. The second-order valence-corrected chi connectivity index (χ2v) is 4.09. The number of nitrogens with zero attached hydrogens (tertiary/aromatic N) is 1. The van der Waals surface area contributed by atoms with Gasteiger partial charge in [-0.15, -0.1) is 11.8 Å². The Balaban J connectivity index is 2.42. The highest BCUT2D eigenvalue weighted by molar-refractivity contribution is 8.14. The SMILES string of the molecule is O=CC1CSC(c2c(O)cccc2F)=N1. The number of carbonyl (C=O) groups is 1. The van der Waals surface area contributed by atoms with Crippen molar-refractivity contribution in [3.8, 4) is 5.75 Å². The van der Waals surface area contributed by atoms with Gasteiger partial charge in [0.05, 0.1) is 5.56 Å². The van der Waals surface area contributed by atoms with Crippen molar-refractivity contribution < 1.29 is 14.3 Å². The molecule has 0 saturated carbocycles. The summed E-state index contributed by atoms with van der Waals surface area (Å²) in [5.41, 5.74) is 0.0897. The topological polar surface area (TPSA) is 49.7 Å². The van der Waals surface area contributed by atoms with Gasteiger partial charge in [-0.1, -0.05) is 6.07 Å². The smallest absolute Gasteiger partial charge is 0.145 e. The molecule has 1 aliphatic rings. The van der Waals surface area contributed by atoms with Crippen molar-refractivity contribution in [3.05, 3.63) is 29.6 Å². The quantitative estimate of drug-likeness (QED) is 0.777. The van der Waals surface area contributed by atoms with Gasteiger partial charge in [0.2, 0.25) is 0 Å². The van der Waals surface area contributed by atoms with Gasteiger partial charge in [0, 0.05) is 5.75 Å². The summed E-state index contributed by atoms with van der Waals surface area (Å²) in [7, 11) is 0.